The summed E-state index contributed by atoms with van der Waals surface area (Å²) in [6, 6.07) is 11.7. The van der Waals surface area contributed by atoms with Crippen LogP contribution < -0.4 is 19.5 Å². The Labute approximate surface area is 186 Å². The number of aromatic nitrogens is 3. The van der Waals surface area contributed by atoms with Crippen LogP contribution in [-0.2, 0) is 0 Å². The number of benzene rings is 2. The highest BCUT2D eigenvalue weighted by Gasteiger charge is 2.29. The van der Waals surface area contributed by atoms with Gasteiger partial charge in [-0.2, -0.15) is 4.98 Å². The van der Waals surface area contributed by atoms with Crippen molar-refractivity contribution in [3.05, 3.63) is 46.4 Å². The number of unbranched alkanes of at least 4 members (excludes halogenated alkanes) is 1. The lowest BCUT2D eigenvalue weighted by atomic mass is 10.1. The Hall–Kier alpha value is -2.52. The van der Waals surface area contributed by atoms with Crippen LogP contribution in [0, 0.1) is 0 Å². The number of nitrogens with one attached hydrogen (secondary N) is 1. The first kappa shape index (κ1) is 19.4. The van der Waals surface area contributed by atoms with Crippen molar-refractivity contribution in [1.29, 1.82) is 0 Å². The highest BCUT2D eigenvalue weighted by Crippen LogP contribution is 2.44. The van der Waals surface area contributed by atoms with Crippen LogP contribution in [0.2, 0.25) is 0 Å². The van der Waals surface area contributed by atoms with Gasteiger partial charge in [0, 0.05) is 27.0 Å². The van der Waals surface area contributed by atoms with Crippen molar-refractivity contribution in [1.82, 2.24) is 15.2 Å². The molecule has 0 aliphatic carbocycles. The van der Waals surface area contributed by atoms with E-state index in [1.165, 1.54) is 0 Å². The third kappa shape index (κ3) is 3.67. The fraction of sp³-hybridized carbons (Fsp3) is 0.286. The van der Waals surface area contributed by atoms with Gasteiger partial charge in [-0.15, -0.1) is 10.2 Å². The molecule has 3 aromatic rings. The highest BCUT2D eigenvalue weighted by molar-refractivity contribution is 9.10. The molecule has 5 rings (SSSR count). The van der Waals surface area contributed by atoms with Gasteiger partial charge in [0.2, 0.25) is 17.8 Å². The Morgan fingerprint density at radius 3 is 2.87 bits per heavy atom. The number of halogens is 1. The molecule has 1 N–H and O–H groups in total. The lowest BCUT2D eigenvalue weighted by Gasteiger charge is -2.20. The van der Waals surface area contributed by atoms with Crippen LogP contribution in [0.15, 0.2) is 46.0 Å². The zero-order valence-electron chi connectivity index (χ0n) is 16.2. The van der Waals surface area contributed by atoms with Gasteiger partial charge in [0.05, 0.1) is 0 Å². The number of anilines is 1. The normalized spacial score (nSPS) is 16.1. The fourth-order valence-corrected chi connectivity index (χ4v) is 4.68. The zero-order valence-corrected chi connectivity index (χ0v) is 18.6. The molecular formula is C21H19BrN4O3S. The lowest BCUT2D eigenvalue weighted by molar-refractivity contribution is 0.173. The average molecular weight is 487 g/mol. The van der Waals surface area contributed by atoms with E-state index in [1.54, 1.807) is 11.8 Å². The summed E-state index contributed by atoms with van der Waals surface area (Å²) in [5, 5.41) is 12.8. The minimum absolute atomic E-state index is 0.214. The van der Waals surface area contributed by atoms with Crippen molar-refractivity contribution in [3.63, 3.8) is 0 Å². The van der Waals surface area contributed by atoms with Crippen molar-refractivity contribution in [3.8, 4) is 28.6 Å². The van der Waals surface area contributed by atoms with Crippen LogP contribution in [0.4, 0.5) is 5.69 Å². The molecule has 2 aliphatic rings. The van der Waals surface area contributed by atoms with Gasteiger partial charge in [-0.1, -0.05) is 59.2 Å². The smallest absolute Gasteiger partial charge is 0.247 e. The van der Waals surface area contributed by atoms with E-state index in [2.05, 4.69) is 43.4 Å². The van der Waals surface area contributed by atoms with Crippen LogP contribution in [0.3, 0.4) is 0 Å². The summed E-state index contributed by atoms with van der Waals surface area (Å²) >= 11 is 5.23. The molecule has 1 aromatic heterocycles. The Morgan fingerprint density at radius 2 is 2.00 bits per heavy atom. The molecule has 0 amide bonds. The molecule has 2 aromatic carbocycles. The number of para-hydroxylation sites is 1. The number of nitrogens with zero attached hydrogens (tertiary/aromatic N) is 3. The quantitative estimate of drug-likeness (QED) is 0.377. The van der Waals surface area contributed by atoms with E-state index < -0.39 is 6.23 Å². The third-order valence-corrected chi connectivity index (χ3v) is 6.45. The van der Waals surface area contributed by atoms with E-state index >= 15 is 0 Å². The maximum Gasteiger partial charge on any atom is 0.247 e. The van der Waals surface area contributed by atoms with E-state index in [0.29, 0.717) is 28.2 Å². The molecule has 30 heavy (non-hydrogen) atoms. The molecule has 0 fully saturated rings. The van der Waals surface area contributed by atoms with Crippen molar-refractivity contribution < 1.29 is 14.2 Å². The second-order valence-electron chi connectivity index (χ2n) is 6.86. The standard InChI is InChI=1S/C21H19BrN4O3S/c1-2-3-8-30-21-24-20-18(25-26-21)12-6-4-5-7-15(12)23-19(29-20)13-9-16-17(10-14(13)22)28-11-27-16/h4-7,9-10,19,23H,2-3,8,11H2,1H3/t19-/m1/s1. The molecular weight excluding hydrogens is 468 g/mol. The number of ether oxygens (including phenoxy) is 3. The topological polar surface area (TPSA) is 78.4 Å². The van der Waals surface area contributed by atoms with Gasteiger partial charge in [0.1, 0.15) is 0 Å². The maximum absolute atomic E-state index is 6.35. The number of fused-ring (bicyclic) bond motifs is 4. The van der Waals surface area contributed by atoms with E-state index in [-0.39, 0.29) is 6.79 Å². The van der Waals surface area contributed by atoms with Crippen molar-refractivity contribution in [2.75, 3.05) is 17.9 Å². The summed E-state index contributed by atoms with van der Waals surface area (Å²) in [4.78, 5) is 4.68. The van der Waals surface area contributed by atoms with Crippen molar-refractivity contribution >= 4 is 33.4 Å². The fourth-order valence-electron chi connectivity index (χ4n) is 3.29. The molecule has 3 heterocycles. The number of thioether (sulfide) groups is 1. The molecule has 0 unspecified atom stereocenters. The molecule has 0 saturated heterocycles. The van der Waals surface area contributed by atoms with Crippen LogP contribution in [0.1, 0.15) is 31.6 Å². The molecule has 0 radical (unpaired) electrons. The van der Waals surface area contributed by atoms with Gasteiger partial charge < -0.3 is 19.5 Å². The second kappa shape index (κ2) is 8.31. The van der Waals surface area contributed by atoms with Gasteiger partial charge in [-0.05, 0) is 24.6 Å². The van der Waals surface area contributed by atoms with Crippen LogP contribution >= 0.6 is 27.7 Å². The van der Waals surface area contributed by atoms with Crippen LogP contribution in [0.25, 0.3) is 11.3 Å². The summed E-state index contributed by atoms with van der Waals surface area (Å²) in [5.41, 5.74) is 3.29. The number of hydrogen-bond acceptors (Lipinski definition) is 8. The largest absolute Gasteiger partial charge is 0.454 e. The molecule has 2 aliphatic heterocycles. The van der Waals surface area contributed by atoms with Crippen LogP contribution in [0.5, 0.6) is 17.4 Å². The molecule has 9 heteroatoms. The summed E-state index contributed by atoms with van der Waals surface area (Å²) in [7, 11) is 0. The van der Waals surface area contributed by atoms with Crippen molar-refractivity contribution in [2.45, 2.75) is 31.1 Å². The molecule has 0 spiro atoms. The first-order valence-electron chi connectivity index (χ1n) is 9.72. The predicted molar refractivity (Wildman–Crippen MR) is 118 cm³/mol. The van der Waals surface area contributed by atoms with Crippen molar-refractivity contribution in [2.24, 2.45) is 0 Å². The highest BCUT2D eigenvalue weighted by atomic mass is 79.9. The minimum Gasteiger partial charge on any atom is -0.454 e. The van der Waals surface area contributed by atoms with Gasteiger partial charge in [-0.25, -0.2) is 0 Å². The molecule has 0 saturated carbocycles. The van der Waals surface area contributed by atoms with E-state index in [9.17, 15) is 0 Å². The van der Waals surface area contributed by atoms with E-state index in [0.717, 1.165) is 39.9 Å². The average Bonchev–Trinajstić information content (AvgIpc) is 3.14. The lowest BCUT2D eigenvalue weighted by Crippen LogP contribution is -2.17. The van der Waals surface area contributed by atoms with Gasteiger partial charge in [0.25, 0.3) is 0 Å². The van der Waals surface area contributed by atoms with E-state index in [1.807, 2.05) is 36.4 Å². The summed E-state index contributed by atoms with van der Waals surface area (Å²) in [5.74, 6) is 2.80. The molecule has 7 nitrogen and oxygen atoms in total. The SMILES string of the molecule is CCCCSc1nnc2c(n1)O[C@H](c1cc3c(cc1Br)OCO3)Nc1ccccc1-2. The summed E-state index contributed by atoms with van der Waals surface area (Å²) in [6.07, 6.45) is 1.73. The molecule has 1 atom stereocenters. The number of hydrogen-bond donors (Lipinski definition) is 1. The van der Waals surface area contributed by atoms with Gasteiger partial charge in [-0.3, -0.25) is 0 Å². The van der Waals surface area contributed by atoms with Crippen LogP contribution in [-0.4, -0.2) is 27.7 Å². The summed E-state index contributed by atoms with van der Waals surface area (Å²) in [6.45, 7) is 2.38. The minimum atomic E-state index is -0.499. The third-order valence-electron chi connectivity index (χ3n) is 4.84. The molecule has 154 valence electrons. The Kier molecular flexibility index (Phi) is 5.39. The molecule has 0 bridgehead atoms. The van der Waals surface area contributed by atoms with Gasteiger partial charge >= 0.3 is 0 Å². The summed E-state index contributed by atoms with van der Waals surface area (Å²) < 4.78 is 18.2. The Bertz CT molecular complexity index is 1100. The van der Waals surface area contributed by atoms with Gasteiger partial charge in [0.15, 0.2) is 23.4 Å². The first-order chi connectivity index (χ1) is 14.7. The Morgan fingerprint density at radius 1 is 1.17 bits per heavy atom. The zero-order chi connectivity index (χ0) is 20.5. The maximum atomic E-state index is 6.35. The number of rotatable bonds is 5. The second-order valence-corrected chi connectivity index (χ2v) is 8.78. The Balaban J connectivity index is 1.56. The predicted octanol–water partition coefficient (Wildman–Crippen LogP) is 5.43. The monoisotopic (exact) mass is 486 g/mol. The first-order valence-corrected chi connectivity index (χ1v) is 11.5. The van der Waals surface area contributed by atoms with E-state index in [4.69, 9.17) is 14.2 Å².